The first-order chi connectivity index (χ1) is 15.6. The number of fused-ring (bicyclic) bond motifs is 1. The number of benzene rings is 1. The first-order valence-electron chi connectivity index (χ1n) is 10.6. The Hall–Kier alpha value is -2.45. The van der Waals surface area contributed by atoms with E-state index in [1.807, 2.05) is 31.3 Å². The molecule has 33 heavy (non-hydrogen) atoms. The summed E-state index contributed by atoms with van der Waals surface area (Å²) >= 11 is 0. The zero-order valence-corrected chi connectivity index (χ0v) is 21.1. The smallest absolute Gasteiger partial charge is 0.550 e. The molecule has 0 bridgehead atoms. The van der Waals surface area contributed by atoms with Gasteiger partial charge in [0.1, 0.15) is 6.10 Å². The molecule has 8 heteroatoms. The van der Waals surface area contributed by atoms with Gasteiger partial charge in [-0.1, -0.05) is 18.2 Å². The SMILES string of the molecule is CCO[C@@H](CC(=O)[O-])c1ccc(O[C@@H]2CCc3c(-c4ccc(OC)nc4)cccc32)nc1.[Na+]. The average Bonchev–Trinajstić information content (AvgIpc) is 3.22. The minimum Gasteiger partial charge on any atom is -0.550 e. The molecule has 0 aliphatic heterocycles. The number of nitrogens with zero attached hydrogens (tertiary/aromatic N) is 2. The Kier molecular flexibility index (Phi) is 8.86. The molecule has 1 aromatic carbocycles. The Balaban J connectivity index is 0.00000306. The largest absolute Gasteiger partial charge is 1.00 e. The Bertz CT molecular complexity index is 1070. The molecule has 0 saturated heterocycles. The molecule has 4 rings (SSSR count). The molecule has 0 fully saturated rings. The van der Waals surface area contributed by atoms with Gasteiger partial charge in [-0.25, -0.2) is 9.97 Å². The summed E-state index contributed by atoms with van der Waals surface area (Å²) in [7, 11) is 1.60. The van der Waals surface area contributed by atoms with Crippen molar-refractivity contribution in [3.05, 3.63) is 71.5 Å². The van der Waals surface area contributed by atoms with Crippen LogP contribution in [-0.4, -0.2) is 29.7 Å². The van der Waals surface area contributed by atoms with E-state index in [1.165, 1.54) is 5.56 Å². The van der Waals surface area contributed by atoms with Crippen LogP contribution in [0.2, 0.25) is 0 Å². The van der Waals surface area contributed by atoms with E-state index in [0.717, 1.165) is 29.5 Å². The van der Waals surface area contributed by atoms with E-state index in [4.69, 9.17) is 14.2 Å². The average molecular weight is 456 g/mol. The normalized spacial score (nSPS) is 15.3. The summed E-state index contributed by atoms with van der Waals surface area (Å²) in [6.07, 6.45) is 4.29. The van der Waals surface area contributed by atoms with Crippen LogP contribution in [0.5, 0.6) is 11.8 Å². The van der Waals surface area contributed by atoms with Gasteiger partial charge in [-0.15, -0.1) is 0 Å². The van der Waals surface area contributed by atoms with Crippen molar-refractivity contribution >= 4 is 5.97 Å². The maximum atomic E-state index is 11.0. The van der Waals surface area contributed by atoms with Crippen LogP contribution >= 0.6 is 0 Å². The predicted octanol–water partition coefficient (Wildman–Crippen LogP) is 0.440. The number of carbonyl (C=O) groups excluding carboxylic acids is 1. The third-order valence-electron chi connectivity index (χ3n) is 5.59. The van der Waals surface area contributed by atoms with Crippen molar-refractivity contribution in [3.63, 3.8) is 0 Å². The Labute approximate surface area is 215 Å². The van der Waals surface area contributed by atoms with Crippen molar-refractivity contribution in [1.82, 2.24) is 9.97 Å². The number of hydrogen-bond donors (Lipinski definition) is 0. The fourth-order valence-corrected chi connectivity index (χ4v) is 4.09. The van der Waals surface area contributed by atoms with Gasteiger partial charge in [0, 0.05) is 49.1 Å². The number of ether oxygens (including phenoxy) is 3. The van der Waals surface area contributed by atoms with E-state index in [1.54, 1.807) is 25.4 Å². The quantitative estimate of drug-likeness (QED) is 0.432. The first kappa shape index (κ1) is 25.2. The molecule has 166 valence electrons. The van der Waals surface area contributed by atoms with Gasteiger partial charge in [-0.3, -0.25) is 0 Å². The number of carboxylic acids is 1. The monoisotopic (exact) mass is 456 g/mol. The maximum absolute atomic E-state index is 11.0. The van der Waals surface area contributed by atoms with Crippen LogP contribution in [0.4, 0.5) is 0 Å². The molecular formula is C25H25N2NaO5. The van der Waals surface area contributed by atoms with Crippen molar-refractivity contribution in [3.8, 4) is 22.9 Å². The fourth-order valence-electron chi connectivity index (χ4n) is 4.09. The zero-order chi connectivity index (χ0) is 22.5. The van der Waals surface area contributed by atoms with Gasteiger partial charge in [-0.05, 0) is 54.2 Å². The summed E-state index contributed by atoms with van der Waals surface area (Å²) in [5.74, 6) is -0.0794. The molecule has 7 nitrogen and oxygen atoms in total. The molecular weight excluding hydrogens is 431 g/mol. The second kappa shape index (κ2) is 11.6. The standard InChI is InChI=1S/C25H26N2O5.Na/c1-3-31-22(13-25(28)29)17-8-12-24(27-15-17)32-21-10-9-19-18(5-4-6-20(19)21)16-7-11-23(30-2)26-14-16;/h4-8,11-12,14-15,21-22H,3,9-10,13H2,1-2H3,(H,28,29);/q;+1/p-1/t21-,22+;/m1./s1. The Morgan fingerprint density at radius 2 is 1.91 bits per heavy atom. The minimum absolute atomic E-state index is 0. The number of carbonyl (C=O) groups is 1. The number of aromatic nitrogens is 2. The molecule has 0 N–H and O–H groups in total. The molecule has 0 radical (unpaired) electrons. The van der Waals surface area contributed by atoms with Gasteiger partial charge >= 0.3 is 29.6 Å². The van der Waals surface area contributed by atoms with Crippen molar-refractivity contribution in [2.24, 2.45) is 0 Å². The predicted molar refractivity (Wildman–Crippen MR) is 116 cm³/mol. The number of aliphatic carboxylic acids is 1. The summed E-state index contributed by atoms with van der Waals surface area (Å²) in [4.78, 5) is 19.7. The summed E-state index contributed by atoms with van der Waals surface area (Å²) in [5.41, 5.74) is 5.28. The zero-order valence-electron chi connectivity index (χ0n) is 19.1. The van der Waals surface area contributed by atoms with Crippen molar-refractivity contribution in [2.75, 3.05) is 13.7 Å². The first-order valence-corrected chi connectivity index (χ1v) is 10.6. The molecule has 1 aliphatic rings. The molecule has 1 aliphatic carbocycles. The second-order valence-electron chi connectivity index (χ2n) is 7.56. The van der Waals surface area contributed by atoms with E-state index in [9.17, 15) is 9.90 Å². The Morgan fingerprint density at radius 3 is 2.55 bits per heavy atom. The van der Waals surface area contributed by atoms with Crippen molar-refractivity contribution in [1.29, 1.82) is 0 Å². The molecule has 0 spiro atoms. The van der Waals surface area contributed by atoms with Gasteiger partial charge < -0.3 is 24.1 Å². The van der Waals surface area contributed by atoms with E-state index in [-0.39, 0.29) is 42.1 Å². The molecule has 2 heterocycles. The van der Waals surface area contributed by atoms with Crippen molar-refractivity contribution in [2.45, 2.75) is 38.4 Å². The van der Waals surface area contributed by atoms with Crippen LogP contribution < -0.4 is 44.1 Å². The number of carboxylic acid groups (broad SMARTS) is 1. The van der Waals surface area contributed by atoms with Crippen LogP contribution in [0.25, 0.3) is 11.1 Å². The van der Waals surface area contributed by atoms with Crippen LogP contribution in [0.3, 0.4) is 0 Å². The minimum atomic E-state index is -1.16. The third-order valence-corrected chi connectivity index (χ3v) is 5.59. The molecule has 0 saturated carbocycles. The third kappa shape index (κ3) is 5.92. The number of rotatable bonds is 9. The van der Waals surface area contributed by atoms with E-state index in [0.29, 0.717) is 23.9 Å². The van der Waals surface area contributed by atoms with E-state index in [2.05, 4.69) is 22.1 Å². The van der Waals surface area contributed by atoms with Gasteiger partial charge in [0.2, 0.25) is 11.8 Å². The summed E-state index contributed by atoms with van der Waals surface area (Å²) in [5, 5.41) is 11.0. The second-order valence-corrected chi connectivity index (χ2v) is 7.56. The summed E-state index contributed by atoms with van der Waals surface area (Å²) in [6, 6.07) is 13.6. The number of hydrogen-bond acceptors (Lipinski definition) is 7. The molecule has 3 aromatic rings. The molecule has 0 unspecified atom stereocenters. The molecule has 2 atom stereocenters. The van der Waals surface area contributed by atoms with Crippen LogP contribution in [0.1, 0.15) is 48.7 Å². The van der Waals surface area contributed by atoms with Crippen LogP contribution in [0.15, 0.2) is 54.9 Å². The summed E-state index contributed by atoms with van der Waals surface area (Å²) < 4.78 is 16.9. The van der Waals surface area contributed by atoms with Gasteiger partial charge in [-0.2, -0.15) is 0 Å². The molecule has 0 amide bonds. The fraction of sp³-hybridized carbons (Fsp3) is 0.320. The number of pyridine rings is 2. The molecule has 2 aromatic heterocycles. The van der Waals surface area contributed by atoms with E-state index >= 15 is 0 Å². The van der Waals surface area contributed by atoms with Gasteiger partial charge in [0.25, 0.3) is 0 Å². The Morgan fingerprint density at radius 1 is 1.12 bits per heavy atom. The summed E-state index contributed by atoms with van der Waals surface area (Å²) in [6.45, 7) is 2.22. The van der Waals surface area contributed by atoms with Crippen LogP contribution in [0, 0.1) is 0 Å². The van der Waals surface area contributed by atoms with Gasteiger partial charge in [0.05, 0.1) is 13.2 Å². The maximum Gasteiger partial charge on any atom is 1.00 e. The van der Waals surface area contributed by atoms with Crippen molar-refractivity contribution < 1.29 is 53.7 Å². The number of methoxy groups -OCH3 is 1. The topological polar surface area (TPSA) is 93.6 Å². The van der Waals surface area contributed by atoms with E-state index < -0.39 is 12.1 Å². The van der Waals surface area contributed by atoms with Gasteiger partial charge in [0.15, 0.2) is 0 Å². The van der Waals surface area contributed by atoms with Crippen LogP contribution in [-0.2, 0) is 16.0 Å².